The summed E-state index contributed by atoms with van der Waals surface area (Å²) in [5.74, 6) is 2.55. The van der Waals surface area contributed by atoms with E-state index in [1.807, 2.05) is 72.8 Å². The van der Waals surface area contributed by atoms with Gasteiger partial charge in [-0.15, -0.1) is 0 Å². The normalized spacial score (nSPS) is 13.2. The van der Waals surface area contributed by atoms with Crippen molar-refractivity contribution in [2.24, 2.45) is 0 Å². The molecule has 1 aliphatic carbocycles. The van der Waals surface area contributed by atoms with Crippen LogP contribution in [-0.4, -0.2) is 5.78 Å². The number of rotatable bonds is 5. The molecule has 0 bridgehead atoms. The van der Waals surface area contributed by atoms with E-state index in [0.29, 0.717) is 13.0 Å². The molecule has 26 heavy (non-hydrogen) atoms. The Balaban J connectivity index is 1.40. The van der Waals surface area contributed by atoms with E-state index in [1.54, 1.807) is 0 Å². The molecule has 3 aromatic rings. The molecular formula is C23H20O3. The third kappa shape index (κ3) is 3.77. The number of ether oxygens (including phenoxy) is 2. The Kier molecular flexibility index (Phi) is 4.69. The number of Topliss-reactive ketones (excluding diaryl/α,β-unsaturated/α-hetero) is 1. The van der Waals surface area contributed by atoms with Crippen LogP contribution in [-0.2, 0) is 13.0 Å². The molecule has 130 valence electrons. The fourth-order valence-corrected chi connectivity index (χ4v) is 3.17. The topological polar surface area (TPSA) is 35.5 Å². The lowest BCUT2D eigenvalue weighted by molar-refractivity contribution is 0.0972. The van der Waals surface area contributed by atoms with Crippen molar-refractivity contribution in [1.29, 1.82) is 0 Å². The number of benzene rings is 3. The van der Waals surface area contributed by atoms with Crippen LogP contribution >= 0.6 is 0 Å². The average Bonchev–Trinajstić information content (AvgIpc) is 2.68. The van der Waals surface area contributed by atoms with E-state index < -0.39 is 0 Å². The van der Waals surface area contributed by atoms with Crippen LogP contribution in [0.3, 0.4) is 0 Å². The van der Waals surface area contributed by atoms with Crippen molar-refractivity contribution in [3.05, 3.63) is 89.5 Å². The molecule has 0 radical (unpaired) electrons. The van der Waals surface area contributed by atoms with Gasteiger partial charge >= 0.3 is 0 Å². The summed E-state index contributed by atoms with van der Waals surface area (Å²) in [6.45, 7) is 0.542. The smallest absolute Gasteiger partial charge is 0.163 e. The predicted octanol–water partition coefficient (Wildman–Crippen LogP) is 5.58. The van der Waals surface area contributed by atoms with Gasteiger partial charge in [0.1, 0.15) is 23.9 Å². The number of aryl methyl sites for hydroxylation is 1. The zero-order valence-corrected chi connectivity index (χ0v) is 14.5. The van der Waals surface area contributed by atoms with Crippen LogP contribution in [0.2, 0.25) is 0 Å². The Morgan fingerprint density at radius 1 is 0.769 bits per heavy atom. The minimum atomic E-state index is 0.234. The lowest BCUT2D eigenvalue weighted by Gasteiger charge is -2.16. The molecule has 0 N–H and O–H groups in total. The van der Waals surface area contributed by atoms with E-state index in [4.69, 9.17) is 9.47 Å². The molecule has 0 unspecified atom stereocenters. The summed E-state index contributed by atoms with van der Waals surface area (Å²) >= 11 is 0. The Bertz CT molecular complexity index is 898. The molecule has 3 nitrogen and oxygen atoms in total. The zero-order valence-electron chi connectivity index (χ0n) is 14.5. The van der Waals surface area contributed by atoms with Crippen molar-refractivity contribution in [3.63, 3.8) is 0 Å². The van der Waals surface area contributed by atoms with Gasteiger partial charge in [0, 0.05) is 12.0 Å². The highest BCUT2D eigenvalue weighted by atomic mass is 16.5. The number of hydrogen-bond acceptors (Lipinski definition) is 3. The maximum atomic E-state index is 11.9. The van der Waals surface area contributed by atoms with Crippen molar-refractivity contribution >= 4 is 5.78 Å². The molecule has 0 aliphatic heterocycles. The van der Waals surface area contributed by atoms with Gasteiger partial charge in [0.15, 0.2) is 5.78 Å². The van der Waals surface area contributed by atoms with Gasteiger partial charge in [-0.2, -0.15) is 0 Å². The van der Waals surface area contributed by atoms with Gasteiger partial charge in [-0.25, -0.2) is 0 Å². The molecule has 0 heterocycles. The summed E-state index contributed by atoms with van der Waals surface area (Å²) in [7, 11) is 0. The first kappa shape index (κ1) is 16.4. The predicted molar refractivity (Wildman–Crippen MR) is 101 cm³/mol. The third-order valence-electron chi connectivity index (χ3n) is 4.53. The molecule has 3 heteroatoms. The fourth-order valence-electron chi connectivity index (χ4n) is 3.17. The maximum absolute atomic E-state index is 11.9. The van der Waals surface area contributed by atoms with Crippen molar-refractivity contribution in [2.75, 3.05) is 0 Å². The molecule has 0 saturated carbocycles. The first-order chi connectivity index (χ1) is 12.8. The van der Waals surface area contributed by atoms with Crippen molar-refractivity contribution in [2.45, 2.75) is 25.9 Å². The van der Waals surface area contributed by atoms with Crippen molar-refractivity contribution in [3.8, 4) is 17.2 Å². The highest BCUT2D eigenvalue weighted by molar-refractivity contribution is 5.98. The number of fused-ring (bicyclic) bond motifs is 1. The lowest BCUT2D eigenvalue weighted by Crippen LogP contribution is -2.10. The van der Waals surface area contributed by atoms with Gasteiger partial charge in [0.05, 0.1) is 0 Å². The molecule has 0 amide bonds. The van der Waals surface area contributed by atoms with E-state index in [1.165, 1.54) is 0 Å². The highest BCUT2D eigenvalue weighted by Crippen LogP contribution is 2.29. The van der Waals surface area contributed by atoms with Crippen LogP contribution in [0.4, 0.5) is 0 Å². The van der Waals surface area contributed by atoms with E-state index in [-0.39, 0.29) is 5.78 Å². The Hall–Kier alpha value is -3.07. The quantitative estimate of drug-likeness (QED) is 0.606. The van der Waals surface area contributed by atoms with Crippen LogP contribution in [0, 0.1) is 0 Å². The van der Waals surface area contributed by atoms with Crippen LogP contribution in [0.25, 0.3) is 0 Å². The minimum Gasteiger partial charge on any atom is -0.489 e. The summed E-state index contributed by atoms with van der Waals surface area (Å²) in [5, 5.41) is 0. The first-order valence-electron chi connectivity index (χ1n) is 8.89. The molecule has 0 atom stereocenters. The van der Waals surface area contributed by atoms with Gasteiger partial charge in [-0.05, 0) is 66.4 Å². The molecule has 0 saturated heterocycles. The van der Waals surface area contributed by atoms with Gasteiger partial charge < -0.3 is 9.47 Å². The van der Waals surface area contributed by atoms with Crippen LogP contribution in [0.5, 0.6) is 17.2 Å². The van der Waals surface area contributed by atoms with Crippen molar-refractivity contribution < 1.29 is 14.3 Å². The van der Waals surface area contributed by atoms with Gasteiger partial charge in [-0.1, -0.05) is 30.3 Å². The lowest BCUT2D eigenvalue weighted by atomic mass is 9.90. The van der Waals surface area contributed by atoms with Crippen LogP contribution < -0.4 is 9.47 Å². The second-order valence-electron chi connectivity index (χ2n) is 6.44. The number of ketones is 1. The van der Waals surface area contributed by atoms with E-state index in [9.17, 15) is 4.79 Å². The largest absolute Gasteiger partial charge is 0.489 e. The second kappa shape index (κ2) is 7.44. The maximum Gasteiger partial charge on any atom is 0.163 e. The fraction of sp³-hybridized carbons (Fsp3) is 0.174. The van der Waals surface area contributed by atoms with Crippen LogP contribution in [0.1, 0.15) is 34.3 Å². The summed E-state index contributed by atoms with van der Waals surface area (Å²) in [6, 6.07) is 23.4. The molecule has 1 aliphatic rings. The number of hydrogen-bond donors (Lipinski definition) is 0. The van der Waals surface area contributed by atoms with Gasteiger partial charge in [0.2, 0.25) is 0 Å². The Labute approximate surface area is 153 Å². The molecular weight excluding hydrogens is 324 g/mol. The second-order valence-corrected chi connectivity index (χ2v) is 6.44. The summed E-state index contributed by atoms with van der Waals surface area (Å²) in [5.41, 5.74) is 3.06. The molecule has 3 aromatic carbocycles. The van der Waals surface area contributed by atoms with E-state index in [0.717, 1.165) is 46.8 Å². The molecule has 0 aromatic heterocycles. The zero-order chi connectivity index (χ0) is 17.8. The third-order valence-corrected chi connectivity index (χ3v) is 4.53. The molecule has 4 rings (SSSR count). The number of carbonyl (C=O) groups is 1. The van der Waals surface area contributed by atoms with Gasteiger partial charge in [0.25, 0.3) is 0 Å². The SMILES string of the molecule is O=C1CCCc2cc(Oc3ccc(OCc4ccccc4)cc3)ccc21. The Morgan fingerprint density at radius 3 is 2.31 bits per heavy atom. The first-order valence-corrected chi connectivity index (χ1v) is 8.89. The van der Waals surface area contributed by atoms with Crippen LogP contribution in [0.15, 0.2) is 72.8 Å². The molecule has 0 spiro atoms. The van der Waals surface area contributed by atoms with Gasteiger partial charge in [-0.3, -0.25) is 4.79 Å². The number of carbonyl (C=O) groups excluding carboxylic acids is 1. The standard InChI is InChI=1S/C23H20O3/c24-23-8-4-7-18-15-21(13-14-22(18)23)26-20-11-9-19(10-12-20)25-16-17-5-2-1-3-6-17/h1-3,5-6,9-15H,4,7-8,16H2. The highest BCUT2D eigenvalue weighted by Gasteiger charge is 2.17. The summed E-state index contributed by atoms with van der Waals surface area (Å²) < 4.78 is 11.7. The Morgan fingerprint density at radius 2 is 1.50 bits per heavy atom. The summed E-state index contributed by atoms with van der Waals surface area (Å²) in [6.07, 6.45) is 2.50. The molecule has 0 fully saturated rings. The minimum absolute atomic E-state index is 0.234. The summed E-state index contributed by atoms with van der Waals surface area (Å²) in [4.78, 5) is 11.9. The van der Waals surface area contributed by atoms with Crippen molar-refractivity contribution in [1.82, 2.24) is 0 Å². The van der Waals surface area contributed by atoms with E-state index in [2.05, 4.69) is 0 Å². The average molecular weight is 344 g/mol. The monoisotopic (exact) mass is 344 g/mol. The van der Waals surface area contributed by atoms with E-state index >= 15 is 0 Å².